The second-order valence-electron chi connectivity index (χ2n) is 5.17. The number of hydroxylamine groups is 1. The van der Waals surface area contributed by atoms with Gasteiger partial charge in [-0.3, -0.25) is 10.0 Å². The Morgan fingerprint density at radius 1 is 1.29 bits per heavy atom. The maximum atomic E-state index is 12.1. The van der Waals surface area contributed by atoms with E-state index in [2.05, 4.69) is 20.7 Å². The summed E-state index contributed by atoms with van der Waals surface area (Å²) in [6, 6.07) is 6.37. The molecule has 0 aliphatic heterocycles. The van der Waals surface area contributed by atoms with Crippen LogP contribution in [-0.4, -0.2) is 37.9 Å². The summed E-state index contributed by atoms with van der Waals surface area (Å²) in [6.45, 7) is 0.455. The third-order valence-electron chi connectivity index (χ3n) is 3.19. The minimum Gasteiger partial charge on any atom is -0.330 e. The Hall–Kier alpha value is -1.26. The molecule has 1 atom stereocenters. The molecular formula is C15H22BrN3O4S. The number of sulfonamides is 1. The van der Waals surface area contributed by atoms with Gasteiger partial charge in [-0.1, -0.05) is 46.6 Å². The van der Waals surface area contributed by atoms with E-state index in [0.29, 0.717) is 19.4 Å². The molecule has 1 rings (SSSR count). The van der Waals surface area contributed by atoms with E-state index < -0.39 is 22.0 Å². The highest BCUT2D eigenvalue weighted by atomic mass is 79.9. The lowest BCUT2D eigenvalue weighted by molar-refractivity contribution is -0.131. The summed E-state index contributed by atoms with van der Waals surface area (Å²) in [6.07, 6.45) is 4.69. The normalized spacial score (nSPS) is 13.1. The van der Waals surface area contributed by atoms with E-state index >= 15 is 0 Å². The number of unbranched alkanes of at least 4 members (excludes halogenated alkanes) is 1. The van der Waals surface area contributed by atoms with Gasteiger partial charge >= 0.3 is 0 Å². The highest BCUT2D eigenvalue weighted by Crippen LogP contribution is 2.11. The van der Waals surface area contributed by atoms with Crippen LogP contribution in [0.1, 0.15) is 24.8 Å². The van der Waals surface area contributed by atoms with E-state index in [0.717, 1.165) is 10.0 Å². The maximum absolute atomic E-state index is 12.1. The van der Waals surface area contributed by atoms with Crippen molar-refractivity contribution in [3.05, 3.63) is 40.4 Å². The van der Waals surface area contributed by atoms with Gasteiger partial charge in [0.2, 0.25) is 10.0 Å². The number of nitrogens with one attached hydrogen (secondary N) is 2. The molecule has 0 spiro atoms. The van der Waals surface area contributed by atoms with E-state index in [4.69, 9.17) is 10.9 Å². The van der Waals surface area contributed by atoms with Crippen LogP contribution in [0.15, 0.2) is 34.8 Å². The maximum Gasteiger partial charge on any atom is 0.261 e. The third kappa shape index (κ3) is 8.02. The van der Waals surface area contributed by atoms with Crippen LogP contribution in [0.25, 0.3) is 6.08 Å². The minimum atomic E-state index is -3.70. The van der Waals surface area contributed by atoms with Gasteiger partial charge in [-0.05, 0) is 37.1 Å². The molecule has 7 nitrogen and oxygen atoms in total. The zero-order valence-corrected chi connectivity index (χ0v) is 15.5. The van der Waals surface area contributed by atoms with E-state index in [-0.39, 0.29) is 12.2 Å². The summed E-state index contributed by atoms with van der Waals surface area (Å²) in [5, 5.41) is 8.73. The number of rotatable bonds is 10. The molecule has 0 saturated heterocycles. The van der Waals surface area contributed by atoms with Gasteiger partial charge in [0.15, 0.2) is 0 Å². The molecule has 1 amide bonds. The van der Waals surface area contributed by atoms with E-state index in [1.54, 1.807) is 6.08 Å². The zero-order chi connectivity index (χ0) is 18.0. The lowest BCUT2D eigenvalue weighted by Gasteiger charge is -2.16. The second-order valence-corrected chi connectivity index (χ2v) is 7.88. The molecule has 0 aromatic heterocycles. The van der Waals surface area contributed by atoms with Crippen molar-refractivity contribution in [3.8, 4) is 0 Å². The van der Waals surface area contributed by atoms with Gasteiger partial charge in [0.1, 0.15) is 6.04 Å². The topological polar surface area (TPSA) is 122 Å². The van der Waals surface area contributed by atoms with Crippen LogP contribution in [0.3, 0.4) is 0 Å². The molecule has 24 heavy (non-hydrogen) atoms. The standard InChI is InChI=1S/C15H22BrN3O4S/c16-13-8-6-12(7-9-13)4-3-11-24(22,23)19-14(15(20)18-21)5-1-2-10-17/h3-4,6-9,14,19,21H,1-2,5,10-11,17H2,(H,18,20). The van der Waals surface area contributed by atoms with Crippen molar-refractivity contribution in [3.63, 3.8) is 0 Å². The summed E-state index contributed by atoms with van der Waals surface area (Å²) in [5.74, 6) is -1.05. The molecule has 0 fully saturated rings. The van der Waals surface area contributed by atoms with Crippen LogP contribution in [0.4, 0.5) is 0 Å². The Kier molecular flexibility index (Phi) is 9.16. The molecule has 0 aliphatic carbocycles. The molecule has 0 heterocycles. The molecule has 0 radical (unpaired) electrons. The first-order valence-electron chi connectivity index (χ1n) is 7.44. The number of carbonyl (C=O) groups excluding carboxylic acids is 1. The van der Waals surface area contributed by atoms with Crippen LogP contribution in [0.2, 0.25) is 0 Å². The molecule has 9 heteroatoms. The van der Waals surface area contributed by atoms with Gasteiger partial charge in [0.05, 0.1) is 5.75 Å². The smallest absolute Gasteiger partial charge is 0.261 e. The first kappa shape index (κ1) is 20.8. The first-order chi connectivity index (χ1) is 11.4. The fourth-order valence-electron chi connectivity index (χ4n) is 1.96. The van der Waals surface area contributed by atoms with Gasteiger partial charge in [-0.2, -0.15) is 0 Å². The summed E-state index contributed by atoms with van der Waals surface area (Å²) in [5.41, 5.74) is 7.72. The molecule has 5 N–H and O–H groups in total. The molecule has 1 unspecified atom stereocenters. The van der Waals surface area contributed by atoms with Crippen LogP contribution >= 0.6 is 15.9 Å². The van der Waals surface area contributed by atoms with Crippen LogP contribution in [-0.2, 0) is 14.8 Å². The van der Waals surface area contributed by atoms with Crippen LogP contribution in [0, 0.1) is 0 Å². The van der Waals surface area contributed by atoms with Gasteiger partial charge < -0.3 is 5.73 Å². The van der Waals surface area contributed by atoms with Crippen molar-refractivity contribution in [1.82, 2.24) is 10.2 Å². The predicted molar refractivity (Wildman–Crippen MR) is 96.7 cm³/mol. The summed E-state index contributed by atoms with van der Waals surface area (Å²) in [4.78, 5) is 11.6. The molecule has 1 aromatic rings. The number of carbonyl (C=O) groups is 1. The Morgan fingerprint density at radius 2 is 1.96 bits per heavy atom. The molecule has 0 bridgehead atoms. The average Bonchev–Trinajstić information content (AvgIpc) is 2.55. The Labute approximate surface area is 150 Å². The van der Waals surface area contributed by atoms with Crippen molar-refractivity contribution >= 4 is 37.9 Å². The molecule has 0 aliphatic rings. The minimum absolute atomic E-state index is 0.263. The monoisotopic (exact) mass is 419 g/mol. The molecular weight excluding hydrogens is 398 g/mol. The first-order valence-corrected chi connectivity index (χ1v) is 9.88. The largest absolute Gasteiger partial charge is 0.330 e. The fourth-order valence-corrected chi connectivity index (χ4v) is 3.33. The van der Waals surface area contributed by atoms with Crippen LogP contribution < -0.4 is 15.9 Å². The van der Waals surface area contributed by atoms with Gasteiger partial charge in [0, 0.05) is 4.47 Å². The Morgan fingerprint density at radius 3 is 2.54 bits per heavy atom. The van der Waals surface area contributed by atoms with Crippen molar-refractivity contribution in [2.24, 2.45) is 5.73 Å². The van der Waals surface area contributed by atoms with E-state index in [1.807, 2.05) is 24.3 Å². The summed E-state index contributed by atoms with van der Waals surface area (Å²) < 4.78 is 27.4. The predicted octanol–water partition coefficient (Wildman–Crippen LogP) is 1.38. The molecule has 1 aromatic carbocycles. The van der Waals surface area contributed by atoms with Gasteiger partial charge in [-0.15, -0.1) is 0 Å². The number of hydrogen-bond donors (Lipinski definition) is 4. The van der Waals surface area contributed by atoms with Crippen molar-refractivity contribution in [1.29, 1.82) is 0 Å². The van der Waals surface area contributed by atoms with Crippen LogP contribution in [0.5, 0.6) is 0 Å². The van der Waals surface area contributed by atoms with Crippen molar-refractivity contribution in [2.45, 2.75) is 25.3 Å². The second kappa shape index (κ2) is 10.6. The van der Waals surface area contributed by atoms with Crippen molar-refractivity contribution < 1.29 is 18.4 Å². The highest BCUT2D eigenvalue weighted by molar-refractivity contribution is 9.10. The number of amides is 1. The summed E-state index contributed by atoms with van der Waals surface area (Å²) >= 11 is 3.32. The Balaban J connectivity index is 2.64. The van der Waals surface area contributed by atoms with Gasteiger partial charge in [-0.25, -0.2) is 18.6 Å². The molecule has 0 saturated carbocycles. The summed E-state index contributed by atoms with van der Waals surface area (Å²) in [7, 11) is -3.70. The Bertz CT molecular complexity index is 647. The quantitative estimate of drug-likeness (QED) is 0.259. The number of halogens is 1. The van der Waals surface area contributed by atoms with E-state index in [1.165, 1.54) is 11.6 Å². The zero-order valence-electron chi connectivity index (χ0n) is 13.1. The number of nitrogens with two attached hydrogens (primary N) is 1. The molecule has 134 valence electrons. The number of hydrogen-bond acceptors (Lipinski definition) is 5. The average molecular weight is 420 g/mol. The van der Waals surface area contributed by atoms with E-state index in [9.17, 15) is 13.2 Å². The lowest BCUT2D eigenvalue weighted by atomic mass is 10.1. The highest BCUT2D eigenvalue weighted by Gasteiger charge is 2.23. The fraction of sp³-hybridized carbons (Fsp3) is 0.400. The van der Waals surface area contributed by atoms with Crippen molar-refractivity contribution in [2.75, 3.05) is 12.3 Å². The number of benzene rings is 1. The SMILES string of the molecule is NCCCCC(NS(=O)(=O)CC=Cc1ccc(Br)cc1)C(=O)NO. The third-order valence-corrected chi connectivity index (χ3v) is 4.99. The van der Waals surface area contributed by atoms with Gasteiger partial charge in [0.25, 0.3) is 5.91 Å². The lowest BCUT2D eigenvalue weighted by Crippen LogP contribution is -2.46.